The molecule has 0 bridgehead atoms. The maximum Gasteiger partial charge on any atom is 0.329 e. The minimum atomic E-state index is -1.41. The van der Waals surface area contributed by atoms with Gasteiger partial charge in [0.25, 0.3) is 0 Å². The lowest BCUT2D eigenvalue weighted by Crippen LogP contribution is -2.66. The van der Waals surface area contributed by atoms with Crippen molar-refractivity contribution in [3.05, 3.63) is 59.2 Å². The number of aliphatic carboxylic acids is 1. The zero-order valence-corrected chi connectivity index (χ0v) is 23.2. The van der Waals surface area contributed by atoms with Crippen molar-refractivity contribution in [3.8, 4) is 11.5 Å². The van der Waals surface area contributed by atoms with E-state index in [9.17, 15) is 19.5 Å². The molecule has 1 aliphatic rings. The Morgan fingerprint density at radius 2 is 1.72 bits per heavy atom. The summed E-state index contributed by atoms with van der Waals surface area (Å²) < 4.78 is 22.3. The Morgan fingerprint density at radius 3 is 2.23 bits per heavy atom. The molecular weight excluding hydrogens is 504 g/mol. The molecule has 2 aromatic carbocycles. The summed E-state index contributed by atoms with van der Waals surface area (Å²) >= 11 is 0. The van der Waals surface area contributed by atoms with E-state index in [4.69, 9.17) is 18.9 Å². The van der Waals surface area contributed by atoms with E-state index in [0.717, 1.165) is 5.56 Å². The number of hydrogen-bond acceptors (Lipinski definition) is 7. The number of urea groups is 1. The molecule has 1 aliphatic carbocycles. The van der Waals surface area contributed by atoms with E-state index < -0.39 is 23.6 Å². The van der Waals surface area contributed by atoms with Crippen molar-refractivity contribution in [2.45, 2.75) is 57.9 Å². The van der Waals surface area contributed by atoms with Gasteiger partial charge in [-0.25, -0.2) is 9.59 Å². The maximum absolute atomic E-state index is 13.6. The topological polar surface area (TPSA) is 124 Å². The second-order valence-corrected chi connectivity index (χ2v) is 9.57. The molecule has 0 unspecified atom stereocenters. The number of nitrogens with one attached hydrogen (secondary N) is 1. The van der Waals surface area contributed by atoms with Crippen LogP contribution in [-0.4, -0.2) is 73.4 Å². The quantitative estimate of drug-likeness (QED) is 0.269. The van der Waals surface area contributed by atoms with Gasteiger partial charge in [0, 0.05) is 26.0 Å². The Kier molecular flexibility index (Phi) is 10.3. The van der Waals surface area contributed by atoms with Crippen LogP contribution in [0.1, 0.15) is 61.1 Å². The molecule has 3 rings (SSSR count). The lowest BCUT2D eigenvalue weighted by Gasteiger charge is -2.45. The van der Waals surface area contributed by atoms with E-state index in [1.54, 1.807) is 12.1 Å². The molecule has 10 heteroatoms. The molecule has 2 amide bonds. The van der Waals surface area contributed by atoms with Crippen molar-refractivity contribution >= 4 is 17.8 Å². The minimum absolute atomic E-state index is 0.184. The van der Waals surface area contributed by atoms with Gasteiger partial charge in [0.2, 0.25) is 0 Å². The summed E-state index contributed by atoms with van der Waals surface area (Å²) in [5.41, 5.74) is 0.543. The first-order chi connectivity index (χ1) is 18.7. The van der Waals surface area contributed by atoms with Gasteiger partial charge in [-0.15, -0.1) is 0 Å². The number of methoxy groups -OCH3 is 2. The molecule has 0 aromatic heterocycles. The predicted octanol–water partition coefficient (Wildman–Crippen LogP) is 4.22. The first-order valence-electron chi connectivity index (χ1n) is 13.0. The average Bonchev–Trinajstić information content (AvgIpc) is 2.90. The van der Waals surface area contributed by atoms with Crippen molar-refractivity contribution in [2.24, 2.45) is 0 Å². The van der Waals surface area contributed by atoms with Gasteiger partial charge >= 0.3 is 12.0 Å². The Bertz CT molecular complexity index is 1120. The fourth-order valence-electron chi connectivity index (χ4n) is 4.78. The largest absolute Gasteiger partial charge is 0.496 e. The summed E-state index contributed by atoms with van der Waals surface area (Å²) in [7, 11) is 2.92. The van der Waals surface area contributed by atoms with Crippen LogP contribution in [0.2, 0.25) is 0 Å². The van der Waals surface area contributed by atoms with Gasteiger partial charge in [0.1, 0.15) is 22.6 Å². The normalized spacial score (nSPS) is 18.9. The summed E-state index contributed by atoms with van der Waals surface area (Å²) in [6.07, 6.45) is 0.145. The lowest BCUT2D eigenvalue weighted by atomic mass is 9.74. The summed E-state index contributed by atoms with van der Waals surface area (Å²) in [5.74, 6) is -0.673. The molecule has 10 nitrogen and oxygen atoms in total. The van der Waals surface area contributed by atoms with E-state index in [0.29, 0.717) is 35.8 Å². The van der Waals surface area contributed by atoms with E-state index in [1.807, 2.05) is 44.2 Å². The van der Waals surface area contributed by atoms with Crippen molar-refractivity contribution in [3.63, 3.8) is 0 Å². The van der Waals surface area contributed by atoms with E-state index >= 15 is 0 Å². The Morgan fingerprint density at radius 1 is 1.10 bits per heavy atom. The molecular formula is C29H38N2O8. The molecule has 212 valence electrons. The Labute approximate surface area is 229 Å². The Hall–Kier alpha value is -3.63. The van der Waals surface area contributed by atoms with Crippen molar-refractivity contribution in [1.29, 1.82) is 0 Å². The number of carboxylic acids is 1. The van der Waals surface area contributed by atoms with Crippen LogP contribution < -0.4 is 14.8 Å². The second kappa shape index (κ2) is 13.4. The summed E-state index contributed by atoms with van der Waals surface area (Å²) in [6.45, 7) is 6.32. The van der Waals surface area contributed by atoms with Crippen LogP contribution in [0.25, 0.3) is 0 Å². The molecule has 39 heavy (non-hydrogen) atoms. The van der Waals surface area contributed by atoms with Gasteiger partial charge in [-0.1, -0.05) is 30.3 Å². The molecule has 0 aliphatic heterocycles. The molecule has 1 fully saturated rings. The predicted molar refractivity (Wildman–Crippen MR) is 144 cm³/mol. The maximum atomic E-state index is 13.6. The number of carbonyl (C=O) groups is 3. The molecule has 0 heterocycles. The van der Waals surface area contributed by atoms with E-state index in [2.05, 4.69) is 5.32 Å². The standard InChI is InChI=1S/C29H38N2O8/c1-6-39-23-16-29(17-23,27(33)34)30-28(35)31(12-13-38-18-21-10-8-7-9-11-21)19(2)22-14-24(36-4)26(20(3)32)25(15-22)37-5/h7-11,14-15,19,23H,6,12-13,16-18H2,1-5H3,(H,30,35)(H,33,34)/t19-,23?,29?/m1/s1. The van der Waals surface area contributed by atoms with Gasteiger partial charge < -0.3 is 34.3 Å². The van der Waals surface area contributed by atoms with Crippen molar-refractivity contribution in [1.82, 2.24) is 10.2 Å². The fraction of sp³-hybridized carbons (Fsp3) is 0.483. The van der Waals surface area contributed by atoms with Crippen molar-refractivity contribution in [2.75, 3.05) is 34.0 Å². The molecule has 2 aromatic rings. The average molecular weight is 543 g/mol. The fourth-order valence-corrected chi connectivity index (χ4v) is 4.78. The highest BCUT2D eigenvalue weighted by Gasteiger charge is 2.53. The minimum Gasteiger partial charge on any atom is -0.496 e. The van der Waals surface area contributed by atoms with Gasteiger partial charge in [-0.2, -0.15) is 0 Å². The number of ketones is 1. The summed E-state index contributed by atoms with van der Waals surface area (Å²) in [5, 5.41) is 12.7. The third kappa shape index (κ3) is 7.07. The highest BCUT2D eigenvalue weighted by molar-refractivity contribution is 5.99. The summed E-state index contributed by atoms with van der Waals surface area (Å²) in [4.78, 5) is 39.5. The third-order valence-corrected chi connectivity index (χ3v) is 6.99. The van der Waals surface area contributed by atoms with Gasteiger partial charge in [0.15, 0.2) is 5.78 Å². The molecule has 0 spiro atoms. The van der Waals surface area contributed by atoms with Gasteiger partial charge in [-0.3, -0.25) is 4.79 Å². The molecule has 0 radical (unpaired) electrons. The zero-order valence-electron chi connectivity index (χ0n) is 23.2. The number of amides is 2. The number of rotatable bonds is 14. The second-order valence-electron chi connectivity index (χ2n) is 9.57. The first-order valence-corrected chi connectivity index (χ1v) is 13.0. The molecule has 0 saturated heterocycles. The van der Waals surface area contributed by atoms with E-state index in [-0.39, 0.29) is 37.9 Å². The van der Waals surface area contributed by atoms with Gasteiger partial charge in [-0.05, 0) is 44.0 Å². The number of Topliss-reactive ketones (excluding diaryl/α,β-unsaturated/α-hetero) is 1. The van der Waals surface area contributed by atoms with Crippen LogP contribution in [-0.2, 0) is 20.9 Å². The van der Waals surface area contributed by atoms with Crippen LogP contribution in [0, 0.1) is 0 Å². The number of benzene rings is 2. The third-order valence-electron chi connectivity index (χ3n) is 6.99. The zero-order chi connectivity index (χ0) is 28.6. The number of carbonyl (C=O) groups excluding carboxylic acids is 2. The SMILES string of the molecule is CCOC1CC(NC(=O)N(CCOCc2ccccc2)[C@H](C)c2cc(OC)c(C(C)=O)c(OC)c2)(C(=O)O)C1. The van der Waals surface area contributed by atoms with Crippen LogP contribution in [0.3, 0.4) is 0 Å². The molecule has 1 saturated carbocycles. The van der Waals surface area contributed by atoms with Crippen LogP contribution in [0.4, 0.5) is 4.79 Å². The smallest absolute Gasteiger partial charge is 0.329 e. The number of nitrogens with zero attached hydrogens (tertiary/aromatic N) is 1. The van der Waals surface area contributed by atoms with E-state index in [1.165, 1.54) is 26.0 Å². The molecule has 2 N–H and O–H groups in total. The van der Waals surface area contributed by atoms with Gasteiger partial charge in [0.05, 0.1) is 39.6 Å². The summed E-state index contributed by atoms with van der Waals surface area (Å²) in [6, 6.07) is 12.0. The molecule has 1 atom stereocenters. The number of carboxylic acid groups (broad SMARTS) is 1. The monoisotopic (exact) mass is 542 g/mol. The van der Waals surface area contributed by atoms with Crippen LogP contribution >= 0.6 is 0 Å². The first kappa shape index (κ1) is 29.9. The highest BCUT2D eigenvalue weighted by Crippen LogP contribution is 2.37. The van der Waals surface area contributed by atoms with Crippen LogP contribution in [0.15, 0.2) is 42.5 Å². The van der Waals surface area contributed by atoms with Crippen molar-refractivity contribution < 1.29 is 38.4 Å². The number of ether oxygens (including phenoxy) is 4. The lowest BCUT2D eigenvalue weighted by molar-refractivity contribution is -0.156. The number of hydrogen-bond donors (Lipinski definition) is 2. The highest BCUT2D eigenvalue weighted by atomic mass is 16.5. The van der Waals surface area contributed by atoms with Crippen LogP contribution in [0.5, 0.6) is 11.5 Å². The Balaban J connectivity index is 1.85.